The summed E-state index contributed by atoms with van der Waals surface area (Å²) in [5.74, 6) is -3.55. The van der Waals surface area contributed by atoms with Crippen LogP contribution in [0, 0.1) is 0 Å². The van der Waals surface area contributed by atoms with Crippen molar-refractivity contribution in [3.8, 4) is 0 Å². The van der Waals surface area contributed by atoms with Crippen molar-refractivity contribution in [3.63, 3.8) is 0 Å². The first-order chi connectivity index (χ1) is 9.68. The van der Waals surface area contributed by atoms with Crippen molar-refractivity contribution in [2.75, 3.05) is 12.4 Å². The summed E-state index contributed by atoms with van der Waals surface area (Å²) in [6.45, 7) is 1.73. The van der Waals surface area contributed by atoms with Gasteiger partial charge >= 0.3 is 11.9 Å². The zero-order chi connectivity index (χ0) is 16.5. The van der Waals surface area contributed by atoms with Crippen LogP contribution in [0.1, 0.15) is 13.3 Å². The van der Waals surface area contributed by atoms with Gasteiger partial charge in [0.25, 0.3) is 5.91 Å². The molecule has 0 aromatic heterocycles. The van der Waals surface area contributed by atoms with Crippen LogP contribution in [-0.4, -0.2) is 49.8 Å². The predicted molar refractivity (Wildman–Crippen MR) is 71.1 cm³/mol. The molecule has 0 aliphatic carbocycles. The van der Waals surface area contributed by atoms with Crippen molar-refractivity contribution >= 4 is 27.9 Å². The van der Waals surface area contributed by atoms with E-state index in [1.165, 1.54) is 0 Å². The molecule has 11 heteroatoms. The average molecular weight is 323 g/mol. The Morgan fingerprint density at radius 3 is 2.48 bits per heavy atom. The second-order valence-electron chi connectivity index (χ2n) is 3.73. The van der Waals surface area contributed by atoms with E-state index in [-0.39, 0.29) is 13.0 Å². The van der Waals surface area contributed by atoms with Crippen LogP contribution in [0.5, 0.6) is 0 Å². The number of nitrogens with one attached hydrogen (secondary N) is 2. The van der Waals surface area contributed by atoms with Gasteiger partial charge in [-0.2, -0.15) is 0 Å². The maximum atomic E-state index is 11.4. The van der Waals surface area contributed by atoms with Crippen molar-refractivity contribution < 1.29 is 32.6 Å². The number of aliphatic carboxylic acids is 1. The summed E-state index contributed by atoms with van der Waals surface area (Å²) < 4.78 is 27.3. The number of carboxylic acid groups (broad SMARTS) is 1. The Labute approximate surface area is 121 Å². The van der Waals surface area contributed by atoms with Crippen molar-refractivity contribution in [1.82, 2.24) is 10.3 Å². The van der Waals surface area contributed by atoms with E-state index >= 15 is 0 Å². The zero-order valence-corrected chi connectivity index (χ0v) is 12.1. The normalized spacial score (nSPS) is 12.9. The number of ether oxygens (including phenoxy) is 1. The van der Waals surface area contributed by atoms with Crippen molar-refractivity contribution in [1.29, 1.82) is 0 Å². The van der Waals surface area contributed by atoms with Crippen LogP contribution in [0.2, 0.25) is 0 Å². The third-order valence-corrected chi connectivity index (χ3v) is 3.19. The van der Waals surface area contributed by atoms with Gasteiger partial charge in [0.05, 0.1) is 12.4 Å². The summed E-state index contributed by atoms with van der Waals surface area (Å²) >= 11 is 0. The highest BCUT2D eigenvalue weighted by Crippen LogP contribution is 1.93. The van der Waals surface area contributed by atoms with E-state index < -0.39 is 39.7 Å². The summed E-state index contributed by atoms with van der Waals surface area (Å²) in [5, 5.41) is 8.50. The molecular weight excluding hydrogens is 306 g/mol. The maximum absolute atomic E-state index is 11.4. The maximum Gasteiger partial charge on any atom is 0.330 e. The van der Waals surface area contributed by atoms with E-state index in [0.29, 0.717) is 0 Å². The number of hydrazine groups is 1. The minimum atomic E-state index is -3.93. The Bertz CT molecular complexity index is 515. The summed E-state index contributed by atoms with van der Waals surface area (Å²) in [6.07, 6.45) is 1.29. The number of carbonyl (C=O) groups excluding carboxylic acids is 2. The SMILES string of the molecule is CCOC(=O)C=CC(=O)NNS(=O)(=O)CCC(N)C(=O)O. The number of hydrogen-bond acceptors (Lipinski definition) is 7. The number of esters is 1. The molecule has 0 aliphatic rings. The van der Waals surface area contributed by atoms with Crippen molar-refractivity contribution in [2.24, 2.45) is 5.73 Å². The Balaban J connectivity index is 4.22. The lowest BCUT2D eigenvalue weighted by Crippen LogP contribution is -2.43. The fourth-order valence-corrected chi connectivity index (χ4v) is 1.88. The van der Waals surface area contributed by atoms with Gasteiger partial charge < -0.3 is 15.6 Å². The van der Waals surface area contributed by atoms with E-state index in [1.54, 1.807) is 11.8 Å². The molecule has 0 rings (SSSR count). The number of carboxylic acids is 1. The average Bonchev–Trinajstić information content (AvgIpc) is 2.40. The molecule has 0 saturated heterocycles. The van der Waals surface area contributed by atoms with Crippen LogP contribution in [0.25, 0.3) is 0 Å². The number of amides is 1. The lowest BCUT2D eigenvalue weighted by atomic mass is 10.2. The van der Waals surface area contributed by atoms with E-state index in [1.807, 2.05) is 5.43 Å². The molecule has 0 aliphatic heterocycles. The van der Waals surface area contributed by atoms with Gasteiger partial charge in [-0.25, -0.2) is 13.2 Å². The van der Waals surface area contributed by atoms with Crippen LogP contribution in [0.15, 0.2) is 12.2 Å². The van der Waals surface area contributed by atoms with Crippen LogP contribution in [0.3, 0.4) is 0 Å². The molecule has 5 N–H and O–H groups in total. The predicted octanol–water partition coefficient (Wildman–Crippen LogP) is -2.14. The van der Waals surface area contributed by atoms with Crippen LogP contribution >= 0.6 is 0 Å². The summed E-state index contributed by atoms with van der Waals surface area (Å²) in [6, 6.07) is -1.32. The third kappa shape index (κ3) is 9.54. The molecule has 1 unspecified atom stereocenters. The minimum absolute atomic E-state index is 0.140. The van der Waals surface area contributed by atoms with Crippen LogP contribution < -0.4 is 16.0 Å². The van der Waals surface area contributed by atoms with Gasteiger partial charge in [0.15, 0.2) is 0 Å². The van der Waals surface area contributed by atoms with E-state index in [2.05, 4.69) is 4.74 Å². The Hall–Kier alpha value is -1.98. The molecule has 0 spiro atoms. The smallest absolute Gasteiger partial charge is 0.330 e. The number of sulfonamides is 1. The highest BCUT2D eigenvalue weighted by Gasteiger charge is 2.17. The molecule has 0 aromatic rings. The monoisotopic (exact) mass is 323 g/mol. The highest BCUT2D eigenvalue weighted by molar-refractivity contribution is 7.89. The number of hydrogen-bond donors (Lipinski definition) is 4. The summed E-state index contributed by atoms with van der Waals surface area (Å²) in [4.78, 5) is 34.2. The Morgan fingerprint density at radius 2 is 1.95 bits per heavy atom. The minimum Gasteiger partial charge on any atom is -0.480 e. The lowest BCUT2D eigenvalue weighted by Gasteiger charge is -2.08. The third-order valence-electron chi connectivity index (χ3n) is 2.00. The number of carbonyl (C=O) groups is 3. The molecule has 0 heterocycles. The fourth-order valence-electron chi connectivity index (χ4n) is 0.960. The second kappa shape index (κ2) is 9.05. The molecular formula is C10H17N3O7S. The Morgan fingerprint density at radius 1 is 1.33 bits per heavy atom. The summed E-state index contributed by atoms with van der Waals surface area (Å²) in [7, 11) is -3.93. The van der Waals surface area contributed by atoms with Crippen molar-refractivity contribution in [3.05, 3.63) is 12.2 Å². The van der Waals surface area contributed by atoms with Gasteiger partial charge in [0.1, 0.15) is 6.04 Å². The molecule has 10 nitrogen and oxygen atoms in total. The molecule has 0 fully saturated rings. The fraction of sp³-hybridized carbons (Fsp3) is 0.500. The largest absolute Gasteiger partial charge is 0.480 e. The highest BCUT2D eigenvalue weighted by atomic mass is 32.2. The van der Waals surface area contributed by atoms with Crippen LogP contribution in [0.4, 0.5) is 0 Å². The van der Waals surface area contributed by atoms with Gasteiger partial charge in [-0.3, -0.25) is 15.0 Å². The van der Waals surface area contributed by atoms with Gasteiger partial charge in [-0.05, 0) is 13.3 Å². The van der Waals surface area contributed by atoms with Crippen molar-refractivity contribution in [2.45, 2.75) is 19.4 Å². The first kappa shape index (κ1) is 19.0. The van der Waals surface area contributed by atoms with Gasteiger partial charge in [0.2, 0.25) is 10.0 Å². The standard InChI is InChI=1S/C10H17N3O7S/c1-2-20-9(15)4-3-8(14)12-13-21(18,19)6-5-7(11)10(16)17/h3-4,7,13H,2,5-6,11H2,1H3,(H,12,14)(H,16,17). The van der Waals surface area contributed by atoms with Gasteiger partial charge in [0, 0.05) is 12.2 Å². The molecule has 21 heavy (non-hydrogen) atoms. The molecule has 0 bridgehead atoms. The zero-order valence-electron chi connectivity index (χ0n) is 11.2. The van der Waals surface area contributed by atoms with E-state index in [4.69, 9.17) is 10.8 Å². The van der Waals surface area contributed by atoms with Gasteiger partial charge in [-0.1, -0.05) is 0 Å². The molecule has 0 aromatic carbocycles. The first-order valence-corrected chi connectivity index (χ1v) is 7.46. The number of nitrogens with two attached hydrogens (primary N) is 1. The summed E-state index contributed by atoms with van der Waals surface area (Å²) in [5.41, 5.74) is 6.96. The quantitative estimate of drug-likeness (QED) is 0.212. The topological polar surface area (TPSA) is 165 Å². The molecule has 1 atom stereocenters. The number of rotatable bonds is 9. The lowest BCUT2D eigenvalue weighted by molar-refractivity contribution is -0.139. The molecule has 1 amide bonds. The molecule has 120 valence electrons. The second-order valence-corrected chi connectivity index (χ2v) is 5.57. The Kier molecular flexibility index (Phi) is 8.19. The van der Waals surface area contributed by atoms with E-state index in [9.17, 15) is 22.8 Å². The van der Waals surface area contributed by atoms with Gasteiger partial charge in [-0.15, -0.1) is 4.83 Å². The van der Waals surface area contributed by atoms with Crippen LogP contribution in [-0.2, 0) is 29.1 Å². The first-order valence-electron chi connectivity index (χ1n) is 5.80. The molecule has 0 radical (unpaired) electrons. The van der Waals surface area contributed by atoms with E-state index in [0.717, 1.165) is 12.2 Å². The molecule has 0 saturated carbocycles.